The van der Waals surface area contributed by atoms with E-state index in [0.29, 0.717) is 0 Å². The molecule has 3 unspecified atom stereocenters. The summed E-state index contributed by atoms with van der Waals surface area (Å²) in [5, 5.41) is 0. The Morgan fingerprint density at radius 1 is 1.18 bits per heavy atom. The van der Waals surface area contributed by atoms with Crippen molar-refractivity contribution >= 4 is 8.25 Å². The molecule has 4 fully saturated rings. The van der Waals surface area contributed by atoms with Crippen LogP contribution in [-0.4, -0.2) is 20.5 Å². The normalized spacial score (nSPS) is 36.9. The van der Waals surface area contributed by atoms with Crippen molar-refractivity contribution < 1.29 is 14.0 Å². The smallest absolute Gasteiger partial charge is 0.316 e. The van der Waals surface area contributed by atoms with Crippen molar-refractivity contribution in [2.75, 3.05) is 0 Å². The van der Waals surface area contributed by atoms with Gasteiger partial charge in [-0.1, -0.05) is 24.3 Å². The van der Waals surface area contributed by atoms with E-state index in [4.69, 9.17) is 4.52 Å². The maximum absolute atomic E-state index is 11.9. The van der Waals surface area contributed by atoms with Gasteiger partial charge in [0.15, 0.2) is 0 Å². The molecule has 3 atom stereocenters. The Balaban J connectivity index is 1.37. The molecule has 1 N–H and O–H groups in total. The second-order valence-corrected chi connectivity index (χ2v) is 10.4. The van der Waals surface area contributed by atoms with Gasteiger partial charge in [-0.25, -0.2) is 4.98 Å². The van der Waals surface area contributed by atoms with E-state index in [0.717, 1.165) is 29.9 Å². The van der Waals surface area contributed by atoms with Crippen LogP contribution in [0.4, 0.5) is 0 Å². The van der Waals surface area contributed by atoms with E-state index in [9.17, 15) is 9.46 Å². The molecule has 6 heteroatoms. The van der Waals surface area contributed by atoms with E-state index in [2.05, 4.69) is 33.8 Å². The van der Waals surface area contributed by atoms with Gasteiger partial charge in [0.25, 0.3) is 0 Å². The van der Waals surface area contributed by atoms with E-state index in [1.54, 1.807) is 0 Å². The average molecular weight is 398 g/mol. The zero-order valence-corrected chi connectivity index (χ0v) is 17.0. The number of benzene rings is 1. The van der Waals surface area contributed by atoms with Gasteiger partial charge in [0.05, 0.1) is 30.4 Å². The summed E-state index contributed by atoms with van der Waals surface area (Å²) in [6.07, 6.45) is 12.0. The van der Waals surface area contributed by atoms with Crippen LogP contribution < -0.4 is 0 Å². The highest BCUT2D eigenvalue weighted by Gasteiger charge is 2.55. The standard InChI is InChI=1S/C22H27N2O3P/c25-28(26)27-21(22-9-14-5-15(10-22)7-16(6-14)11-22)8-19-17-3-1-2-4-18(17)20-12-23-13-24(19)20/h1-4,12-16,19,21,28H,5-11H2,(H,25,26). The molecular weight excluding hydrogens is 371 g/mol. The summed E-state index contributed by atoms with van der Waals surface area (Å²) < 4.78 is 20.0. The summed E-state index contributed by atoms with van der Waals surface area (Å²) in [6, 6.07) is 8.62. The quantitative estimate of drug-likeness (QED) is 0.733. The third kappa shape index (κ3) is 2.59. The lowest BCUT2D eigenvalue weighted by Crippen LogP contribution is -2.52. The Labute approximate surface area is 166 Å². The zero-order valence-electron chi connectivity index (χ0n) is 16.0. The van der Waals surface area contributed by atoms with E-state index in [1.807, 2.05) is 12.5 Å². The molecule has 4 saturated carbocycles. The Bertz CT molecular complexity index is 904. The SMILES string of the molecule is O=[PH](O)OC(CC1c2ccccc2-c2cncn21)C12CC3CC(CC(C3)C1)C2. The van der Waals surface area contributed by atoms with Crippen LogP contribution in [0.1, 0.15) is 56.6 Å². The largest absolute Gasteiger partial charge is 0.326 e. The first-order valence-corrected chi connectivity index (χ1v) is 11.9. The van der Waals surface area contributed by atoms with Gasteiger partial charge in [0.1, 0.15) is 0 Å². The topological polar surface area (TPSA) is 64.3 Å². The molecule has 5 nitrogen and oxygen atoms in total. The van der Waals surface area contributed by atoms with E-state index >= 15 is 0 Å². The number of nitrogens with zero attached hydrogens (tertiary/aromatic N) is 2. The van der Waals surface area contributed by atoms with Gasteiger partial charge >= 0.3 is 8.25 Å². The number of hydrogen-bond donors (Lipinski definition) is 1. The van der Waals surface area contributed by atoms with Crippen LogP contribution in [0.15, 0.2) is 36.8 Å². The second-order valence-electron chi connectivity index (χ2n) is 9.68. The number of imidazole rings is 1. The van der Waals surface area contributed by atoms with E-state index in [1.165, 1.54) is 49.7 Å². The van der Waals surface area contributed by atoms with Gasteiger partial charge in [0, 0.05) is 5.56 Å². The first-order valence-electron chi connectivity index (χ1n) is 10.6. The fourth-order valence-electron chi connectivity index (χ4n) is 7.49. The first-order chi connectivity index (χ1) is 13.6. The summed E-state index contributed by atoms with van der Waals surface area (Å²) in [6.45, 7) is 0. The molecule has 7 rings (SSSR count). The first kappa shape index (κ1) is 17.4. The Hall–Kier alpha value is -1.42. The van der Waals surface area contributed by atoms with Crippen LogP contribution >= 0.6 is 8.25 Å². The predicted molar refractivity (Wildman–Crippen MR) is 107 cm³/mol. The van der Waals surface area contributed by atoms with Gasteiger partial charge < -0.3 is 14.0 Å². The average Bonchev–Trinajstić information content (AvgIpc) is 3.22. The van der Waals surface area contributed by atoms with Gasteiger partial charge in [-0.3, -0.25) is 4.57 Å². The van der Waals surface area contributed by atoms with Crippen LogP contribution in [0.2, 0.25) is 0 Å². The molecule has 0 radical (unpaired) electrons. The predicted octanol–water partition coefficient (Wildman–Crippen LogP) is 4.83. The van der Waals surface area contributed by atoms with E-state index < -0.39 is 8.25 Å². The zero-order chi connectivity index (χ0) is 18.9. The van der Waals surface area contributed by atoms with Gasteiger partial charge in [0.2, 0.25) is 0 Å². The number of rotatable bonds is 5. The molecule has 1 aromatic heterocycles. The van der Waals surface area contributed by atoms with Crippen LogP contribution in [0.25, 0.3) is 11.3 Å². The third-order valence-electron chi connectivity index (χ3n) is 8.05. The van der Waals surface area contributed by atoms with Crippen molar-refractivity contribution in [2.45, 2.75) is 57.1 Å². The molecule has 1 aromatic carbocycles. The number of hydrogen-bond acceptors (Lipinski definition) is 3. The van der Waals surface area contributed by atoms with Crippen molar-refractivity contribution in [2.24, 2.45) is 23.2 Å². The van der Waals surface area contributed by atoms with Gasteiger partial charge in [-0.05, 0) is 73.7 Å². The summed E-state index contributed by atoms with van der Waals surface area (Å²) in [4.78, 5) is 14.1. The van der Waals surface area contributed by atoms with Crippen LogP contribution in [0.3, 0.4) is 0 Å². The third-order valence-corrected chi connectivity index (χ3v) is 8.53. The monoisotopic (exact) mass is 398 g/mol. The summed E-state index contributed by atoms with van der Waals surface area (Å²) >= 11 is 0. The molecule has 148 valence electrons. The van der Waals surface area contributed by atoms with E-state index in [-0.39, 0.29) is 17.6 Å². The molecule has 4 bridgehead atoms. The fraction of sp³-hybridized carbons (Fsp3) is 0.591. The number of aromatic nitrogens is 2. The molecule has 0 saturated heterocycles. The minimum Gasteiger partial charge on any atom is -0.326 e. The Kier molecular flexibility index (Phi) is 3.92. The molecule has 0 spiro atoms. The van der Waals surface area contributed by atoms with Crippen LogP contribution in [-0.2, 0) is 9.09 Å². The lowest BCUT2D eigenvalue weighted by Gasteiger charge is -2.59. The molecular formula is C22H27N2O3P. The lowest BCUT2D eigenvalue weighted by atomic mass is 9.48. The number of fused-ring (bicyclic) bond motifs is 3. The molecule has 2 heterocycles. The molecule has 0 amide bonds. The van der Waals surface area contributed by atoms with Gasteiger partial charge in [-0.15, -0.1) is 0 Å². The molecule has 4 aliphatic carbocycles. The second kappa shape index (κ2) is 6.29. The van der Waals surface area contributed by atoms with Crippen molar-refractivity contribution in [3.8, 4) is 11.3 Å². The molecule has 28 heavy (non-hydrogen) atoms. The Morgan fingerprint density at radius 3 is 2.54 bits per heavy atom. The van der Waals surface area contributed by atoms with Crippen LogP contribution in [0, 0.1) is 23.2 Å². The Morgan fingerprint density at radius 2 is 1.86 bits per heavy atom. The highest BCUT2D eigenvalue weighted by Crippen LogP contribution is 2.63. The minimum absolute atomic E-state index is 0.0794. The van der Waals surface area contributed by atoms with Gasteiger partial charge in [-0.2, -0.15) is 0 Å². The van der Waals surface area contributed by atoms with Crippen LogP contribution in [0.5, 0.6) is 0 Å². The fourth-order valence-corrected chi connectivity index (χ4v) is 8.08. The maximum Gasteiger partial charge on any atom is 0.316 e. The highest BCUT2D eigenvalue weighted by atomic mass is 31.1. The summed E-state index contributed by atoms with van der Waals surface area (Å²) in [7, 11) is -2.98. The lowest BCUT2D eigenvalue weighted by molar-refractivity contribution is -0.115. The summed E-state index contributed by atoms with van der Waals surface area (Å²) in [5.74, 6) is 2.37. The van der Waals surface area contributed by atoms with Crippen molar-refractivity contribution in [3.63, 3.8) is 0 Å². The summed E-state index contributed by atoms with van der Waals surface area (Å²) in [5.41, 5.74) is 3.74. The molecule has 1 aliphatic heterocycles. The highest BCUT2D eigenvalue weighted by molar-refractivity contribution is 7.32. The van der Waals surface area contributed by atoms with Crippen molar-refractivity contribution in [3.05, 3.63) is 42.4 Å². The molecule has 2 aromatic rings. The van der Waals surface area contributed by atoms with Crippen molar-refractivity contribution in [1.82, 2.24) is 9.55 Å². The molecule has 5 aliphatic rings. The maximum atomic E-state index is 11.9. The minimum atomic E-state index is -2.98. The van der Waals surface area contributed by atoms with Crippen molar-refractivity contribution in [1.29, 1.82) is 0 Å².